The first-order valence-corrected chi connectivity index (χ1v) is 9.42. The van der Waals surface area contributed by atoms with E-state index < -0.39 is 5.97 Å². The molecule has 0 unspecified atom stereocenters. The zero-order valence-corrected chi connectivity index (χ0v) is 17.1. The summed E-state index contributed by atoms with van der Waals surface area (Å²) in [5.41, 5.74) is 2.85. The van der Waals surface area contributed by atoms with Crippen LogP contribution in [0, 0.1) is 19.8 Å². The number of hydrogen-bond donors (Lipinski definition) is 2. The predicted molar refractivity (Wildman–Crippen MR) is 107 cm³/mol. The Balaban J connectivity index is 2.02. The molecule has 28 heavy (non-hydrogen) atoms. The van der Waals surface area contributed by atoms with Crippen molar-refractivity contribution in [1.82, 2.24) is 10.3 Å². The summed E-state index contributed by atoms with van der Waals surface area (Å²) in [4.78, 5) is 39.3. The van der Waals surface area contributed by atoms with Crippen LogP contribution in [0.3, 0.4) is 0 Å². The van der Waals surface area contributed by atoms with Crippen molar-refractivity contribution in [3.8, 4) is 0 Å². The van der Waals surface area contributed by atoms with Crippen molar-refractivity contribution < 1.29 is 19.1 Å². The maximum atomic E-state index is 12.4. The molecule has 1 amide bonds. The molecule has 2 rings (SSSR count). The van der Waals surface area contributed by atoms with Crippen molar-refractivity contribution in [3.05, 3.63) is 58.4 Å². The number of aromatic amines is 1. The molecule has 2 aromatic rings. The first-order valence-electron chi connectivity index (χ1n) is 9.42. The van der Waals surface area contributed by atoms with Crippen molar-refractivity contribution >= 4 is 17.7 Å². The Hall–Kier alpha value is -2.89. The highest BCUT2D eigenvalue weighted by molar-refractivity contribution is 6.01. The molecule has 1 heterocycles. The molecule has 1 aromatic heterocycles. The lowest BCUT2D eigenvalue weighted by Crippen LogP contribution is -2.33. The van der Waals surface area contributed by atoms with Crippen LogP contribution < -0.4 is 5.32 Å². The smallest absolute Gasteiger partial charge is 0.355 e. The normalized spacial score (nSPS) is 11.9. The number of benzene rings is 1. The van der Waals surface area contributed by atoms with Crippen LogP contribution in [0.2, 0.25) is 0 Å². The molecular formula is C22H28N2O4. The van der Waals surface area contributed by atoms with Gasteiger partial charge in [0.1, 0.15) is 5.69 Å². The minimum atomic E-state index is -0.650. The number of Topliss-reactive ketones (excluding diaryl/α,β-unsaturated/α-hetero) is 1. The lowest BCUT2D eigenvalue weighted by Gasteiger charge is -2.21. The Bertz CT molecular complexity index is 853. The number of amides is 1. The van der Waals surface area contributed by atoms with Gasteiger partial charge in [-0.3, -0.25) is 9.59 Å². The molecule has 0 saturated heterocycles. The average molecular weight is 384 g/mol. The van der Waals surface area contributed by atoms with Crippen LogP contribution in [0.4, 0.5) is 0 Å². The monoisotopic (exact) mass is 384 g/mol. The quantitative estimate of drug-likeness (QED) is 0.534. The number of nitrogens with one attached hydrogen (secondary N) is 2. The predicted octanol–water partition coefficient (Wildman–Crippen LogP) is 3.89. The minimum Gasteiger partial charge on any atom is -0.451 e. The lowest BCUT2D eigenvalue weighted by atomic mass is 9.97. The minimum absolute atomic E-state index is 0.123. The van der Waals surface area contributed by atoms with E-state index in [-0.39, 0.29) is 30.0 Å². The summed E-state index contributed by atoms with van der Waals surface area (Å²) < 4.78 is 5.17. The zero-order valence-electron chi connectivity index (χ0n) is 17.1. The summed E-state index contributed by atoms with van der Waals surface area (Å²) in [6, 6.07) is 9.57. The molecular weight excluding hydrogens is 356 g/mol. The molecule has 0 aliphatic carbocycles. The fourth-order valence-corrected chi connectivity index (χ4v) is 3.36. The van der Waals surface area contributed by atoms with Gasteiger partial charge in [0.25, 0.3) is 5.91 Å². The molecule has 0 saturated carbocycles. The highest BCUT2D eigenvalue weighted by Crippen LogP contribution is 2.21. The van der Waals surface area contributed by atoms with E-state index in [2.05, 4.69) is 24.1 Å². The molecule has 1 atom stereocenters. The van der Waals surface area contributed by atoms with E-state index in [9.17, 15) is 14.4 Å². The number of carbonyl (C=O) groups excluding carboxylic acids is 3. The summed E-state index contributed by atoms with van der Waals surface area (Å²) in [5, 5.41) is 2.94. The third kappa shape index (κ3) is 5.31. The Labute approximate surface area is 165 Å². The van der Waals surface area contributed by atoms with Gasteiger partial charge in [-0.1, -0.05) is 44.2 Å². The molecule has 150 valence electrons. The van der Waals surface area contributed by atoms with E-state index in [0.29, 0.717) is 22.7 Å². The molecule has 6 heteroatoms. The Morgan fingerprint density at radius 1 is 1.11 bits per heavy atom. The fraction of sp³-hybridized carbons (Fsp3) is 0.409. The van der Waals surface area contributed by atoms with Crippen molar-refractivity contribution in [3.63, 3.8) is 0 Å². The van der Waals surface area contributed by atoms with Gasteiger partial charge in [-0.2, -0.15) is 0 Å². The van der Waals surface area contributed by atoms with Gasteiger partial charge in [0.2, 0.25) is 0 Å². The molecule has 1 aromatic carbocycles. The fourth-order valence-electron chi connectivity index (χ4n) is 3.36. The molecule has 0 aliphatic heterocycles. The van der Waals surface area contributed by atoms with Gasteiger partial charge in [-0.15, -0.1) is 0 Å². The second kappa shape index (κ2) is 9.35. The van der Waals surface area contributed by atoms with E-state index in [4.69, 9.17) is 4.74 Å². The Morgan fingerprint density at radius 2 is 1.75 bits per heavy atom. The van der Waals surface area contributed by atoms with Crippen LogP contribution in [0.1, 0.15) is 70.9 Å². The molecule has 2 N–H and O–H groups in total. The lowest BCUT2D eigenvalue weighted by molar-refractivity contribution is -0.125. The van der Waals surface area contributed by atoms with Crippen LogP contribution in [-0.4, -0.2) is 29.3 Å². The highest BCUT2D eigenvalue weighted by Gasteiger charge is 2.22. The molecule has 6 nitrogen and oxygen atoms in total. The van der Waals surface area contributed by atoms with Crippen molar-refractivity contribution in [1.29, 1.82) is 0 Å². The standard InChI is InChI=1S/C22H28N2O4/c1-13(2)11-18(17-9-7-6-8-10-17)24-19(26)12-28-22(27)21-14(3)20(16(5)25)15(4)23-21/h6-10,13,18,23H,11-12H2,1-5H3,(H,24,26)/t18-/m1/s1. The maximum Gasteiger partial charge on any atom is 0.355 e. The van der Waals surface area contributed by atoms with Crippen LogP contribution in [-0.2, 0) is 9.53 Å². The molecule has 0 aliphatic rings. The van der Waals surface area contributed by atoms with Gasteiger partial charge in [-0.25, -0.2) is 4.79 Å². The molecule has 0 spiro atoms. The second-order valence-electron chi connectivity index (χ2n) is 7.42. The third-order valence-corrected chi connectivity index (χ3v) is 4.57. The van der Waals surface area contributed by atoms with E-state index in [1.54, 1.807) is 13.8 Å². The number of ketones is 1. The van der Waals surface area contributed by atoms with E-state index in [1.165, 1.54) is 6.92 Å². The first-order chi connectivity index (χ1) is 13.2. The Kier molecular flexibility index (Phi) is 7.15. The van der Waals surface area contributed by atoms with Gasteiger partial charge >= 0.3 is 5.97 Å². The third-order valence-electron chi connectivity index (χ3n) is 4.57. The molecule has 0 radical (unpaired) electrons. The largest absolute Gasteiger partial charge is 0.451 e. The van der Waals surface area contributed by atoms with E-state index in [0.717, 1.165) is 12.0 Å². The van der Waals surface area contributed by atoms with Gasteiger partial charge in [0.05, 0.1) is 6.04 Å². The second-order valence-corrected chi connectivity index (χ2v) is 7.42. The summed E-state index contributed by atoms with van der Waals surface area (Å²) in [6.07, 6.45) is 0.778. The Morgan fingerprint density at radius 3 is 2.29 bits per heavy atom. The maximum absolute atomic E-state index is 12.4. The highest BCUT2D eigenvalue weighted by atomic mass is 16.5. The topological polar surface area (TPSA) is 88.3 Å². The van der Waals surface area contributed by atoms with Crippen molar-refractivity contribution in [2.45, 2.75) is 47.1 Å². The number of H-pyrrole nitrogens is 1. The summed E-state index contributed by atoms with van der Waals surface area (Å²) in [6.45, 7) is 8.65. The number of hydrogen-bond acceptors (Lipinski definition) is 4. The number of ether oxygens (including phenoxy) is 1. The first kappa shape index (κ1) is 21.4. The van der Waals surface area contributed by atoms with Crippen LogP contribution in [0.25, 0.3) is 0 Å². The average Bonchev–Trinajstić information content (AvgIpc) is 2.94. The van der Waals surface area contributed by atoms with Gasteiger partial charge in [-0.05, 0) is 44.2 Å². The number of carbonyl (C=O) groups is 3. The van der Waals surface area contributed by atoms with E-state index in [1.807, 2.05) is 30.3 Å². The van der Waals surface area contributed by atoms with Gasteiger partial charge in [0.15, 0.2) is 12.4 Å². The molecule has 0 fully saturated rings. The van der Waals surface area contributed by atoms with Crippen molar-refractivity contribution in [2.24, 2.45) is 5.92 Å². The van der Waals surface area contributed by atoms with E-state index >= 15 is 0 Å². The number of aryl methyl sites for hydroxylation is 1. The van der Waals surface area contributed by atoms with Gasteiger partial charge in [0, 0.05) is 11.3 Å². The summed E-state index contributed by atoms with van der Waals surface area (Å²) in [7, 11) is 0. The number of esters is 1. The van der Waals surface area contributed by atoms with Crippen LogP contribution in [0.5, 0.6) is 0 Å². The summed E-state index contributed by atoms with van der Waals surface area (Å²) >= 11 is 0. The zero-order chi connectivity index (χ0) is 20.8. The van der Waals surface area contributed by atoms with Crippen LogP contribution >= 0.6 is 0 Å². The SMILES string of the molecule is CC(=O)c1c(C)[nH]c(C(=O)OCC(=O)N[C@H](CC(C)C)c2ccccc2)c1C. The summed E-state index contributed by atoms with van der Waals surface area (Å²) in [5.74, 6) is -0.746. The van der Waals surface area contributed by atoms with Crippen LogP contribution in [0.15, 0.2) is 30.3 Å². The van der Waals surface area contributed by atoms with Gasteiger partial charge < -0.3 is 15.0 Å². The number of rotatable bonds is 8. The molecule has 0 bridgehead atoms. The van der Waals surface area contributed by atoms with Crippen molar-refractivity contribution in [2.75, 3.05) is 6.61 Å². The number of aromatic nitrogens is 1.